The summed E-state index contributed by atoms with van der Waals surface area (Å²) in [6.07, 6.45) is 14.8. The predicted octanol–water partition coefficient (Wildman–Crippen LogP) is 12.1. The minimum atomic E-state index is 0.527. The molecule has 2 aromatic carbocycles. The standard InChI is InChI=1S/C59H64N8/c1-46(50-30-24-48(25-31-50)28-34-52-20-12-22-58(64-52)44-66(40-54-16-3-7-36-60-54)41-55-17-4-8-37-61-55)14-11-15-47(2)51-32-26-49(27-33-51)29-35-53-21-13-23-59(65-53)45-67(42-56-18-5-9-38-62-56)43-57-19-6-10-39-63-57/h3-10,12-13,16-27,30-33,36-39,46-47H,11,14-15,28-29,34-35,40-45H2,1-2H3. The maximum absolute atomic E-state index is 5.09. The Bertz CT molecular complexity index is 2380. The first-order chi connectivity index (χ1) is 33.0. The summed E-state index contributed by atoms with van der Waals surface area (Å²) in [4.78, 5) is 33.2. The first-order valence-corrected chi connectivity index (χ1v) is 24.1. The molecule has 340 valence electrons. The molecule has 0 aliphatic carbocycles. The normalized spacial score (nSPS) is 12.4. The number of rotatable bonds is 24. The Hall–Kier alpha value is -6.74. The molecular weight excluding hydrogens is 821 g/mol. The van der Waals surface area contributed by atoms with Crippen LogP contribution in [0.1, 0.15) is 113 Å². The van der Waals surface area contributed by atoms with Gasteiger partial charge in [-0.25, -0.2) is 0 Å². The van der Waals surface area contributed by atoms with Crippen LogP contribution in [0, 0.1) is 0 Å². The molecule has 0 N–H and O–H groups in total. The zero-order valence-corrected chi connectivity index (χ0v) is 39.2. The highest BCUT2D eigenvalue weighted by Gasteiger charge is 2.14. The van der Waals surface area contributed by atoms with Crippen LogP contribution in [-0.4, -0.2) is 39.7 Å². The van der Waals surface area contributed by atoms with E-state index in [4.69, 9.17) is 9.97 Å². The Balaban J connectivity index is 0.762. The maximum atomic E-state index is 5.09. The highest BCUT2D eigenvalue weighted by molar-refractivity contribution is 5.28. The van der Waals surface area contributed by atoms with E-state index in [-0.39, 0.29) is 0 Å². The lowest BCUT2D eigenvalue weighted by Gasteiger charge is -2.21. The lowest BCUT2D eigenvalue weighted by Crippen LogP contribution is -2.24. The molecule has 0 bridgehead atoms. The lowest BCUT2D eigenvalue weighted by molar-refractivity contribution is 0.238. The molecule has 0 aliphatic heterocycles. The summed E-state index contributed by atoms with van der Waals surface area (Å²) in [6, 6.07) is 55.8. The summed E-state index contributed by atoms with van der Waals surface area (Å²) in [7, 11) is 0. The maximum Gasteiger partial charge on any atom is 0.0547 e. The first-order valence-electron chi connectivity index (χ1n) is 24.1. The lowest BCUT2D eigenvalue weighted by atomic mass is 9.89. The Morgan fingerprint density at radius 2 is 0.642 bits per heavy atom. The van der Waals surface area contributed by atoms with Crippen molar-refractivity contribution in [3.63, 3.8) is 0 Å². The van der Waals surface area contributed by atoms with Gasteiger partial charge in [0.15, 0.2) is 0 Å². The van der Waals surface area contributed by atoms with E-state index in [1.807, 2.05) is 73.3 Å². The fraction of sp³-hybridized carbons (Fsp3) is 0.288. The molecule has 0 saturated carbocycles. The van der Waals surface area contributed by atoms with E-state index in [0.29, 0.717) is 11.8 Å². The van der Waals surface area contributed by atoms with Gasteiger partial charge in [0.05, 0.1) is 34.2 Å². The largest absolute Gasteiger partial charge is 0.286 e. The number of nitrogens with zero attached hydrogens (tertiary/aromatic N) is 8. The zero-order chi connectivity index (χ0) is 45.9. The number of hydrogen-bond acceptors (Lipinski definition) is 8. The summed E-state index contributed by atoms with van der Waals surface area (Å²) >= 11 is 0. The molecule has 0 saturated heterocycles. The van der Waals surface area contributed by atoms with Gasteiger partial charge in [0, 0.05) is 75.4 Å². The fourth-order valence-corrected chi connectivity index (χ4v) is 8.82. The Morgan fingerprint density at radius 3 is 0.970 bits per heavy atom. The Labute approximate surface area is 398 Å². The quantitative estimate of drug-likeness (QED) is 0.0593. The van der Waals surface area contributed by atoms with Gasteiger partial charge in [0.2, 0.25) is 0 Å². The molecule has 6 aromatic heterocycles. The summed E-state index contributed by atoms with van der Waals surface area (Å²) in [5.74, 6) is 1.05. The van der Waals surface area contributed by atoms with Crippen molar-refractivity contribution >= 4 is 0 Å². The average Bonchev–Trinajstić information content (AvgIpc) is 3.37. The van der Waals surface area contributed by atoms with Gasteiger partial charge in [0.1, 0.15) is 0 Å². The van der Waals surface area contributed by atoms with Gasteiger partial charge in [-0.05, 0) is 145 Å². The second-order valence-corrected chi connectivity index (χ2v) is 18.0. The minimum Gasteiger partial charge on any atom is -0.286 e. The van der Waals surface area contributed by atoms with Crippen LogP contribution in [0.3, 0.4) is 0 Å². The van der Waals surface area contributed by atoms with Crippen LogP contribution in [0.4, 0.5) is 0 Å². The second-order valence-electron chi connectivity index (χ2n) is 18.0. The van der Waals surface area contributed by atoms with Gasteiger partial charge in [0.25, 0.3) is 0 Å². The summed E-state index contributed by atoms with van der Waals surface area (Å²) in [5.41, 5.74) is 14.1. The van der Waals surface area contributed by atoms with Gasteiger partial charge < -0.3 is 0 Å². The SMILES string of the molecule is CC(CCCC(C)c1ccc(CCc2cccc(CN(Cc3ccccn3)Cc3ccccn3)n2)cc1)c1ccc(CCc2cccc(CN(Cc3ccccn3)Cc3ccccn3)n2)cc1. The molecule has 6 heterocycles. The van der Waals surface area contributed by atoms with Gasteiger partial charge in [-0.1, -0.05) is 105 Å². The van der Waals surface area contributed by atoms with E-state index in [1.165, 1.54) is 41.5 Å². The molecule has 0 amide bonds. The van der Waals surface area contributed by atoms with Crippen molar-refractivity contribution in [1.82, 2.24) is 39.7 Å². The summed E-state index contributed by atoms with van der Waals surface area (Å²) < 4.78 is 0. The third-order valence-corrected chi connectivity index (χ3v) is 12.7. The van der Waals surface area contributed by atoms with Crippen molar-refractivity contribution in [3.8, 4) is 0 Å². The van der Waals surface area contributed by atoms with Crippen LogP contribution >= 0.6 is 0 Å². The van der Waals surface area contributed by atoms with Gasteiger partial charge in [-0.15, -0.1) is 0 Å². The van der Waals surface area contributed by atoms with Crippen LogP contribution in [0.5, 0.6) is 0 Å². The van der Waals surface area contributed by atoms with Crippen molar-refractivity contribution in [2.45, 2.75) is 110 Å². The van der Waals surface area contributed by atoms with Crippen molar-refractivity contribution in [2.24, 2.45) is 0 Å². The van der Waals surface area contributed by atoms with E-state index >= 15 is 0 Å². The number of benzene rings is 2. The number of hydrogen-bond donors (Lipinski definition) is 0. The minimum absolute atomic E-state index is 0.527. The summed E-state index contributed by atoms with van der Waals surface area (Å²) in [5, 5.41) is 0. The van der Waals surface area contributed by atoms with E-state index in [9.17, 15) is 0 Å². The number of pyridine rings is 6. The van der Waals surface area contributed by atoms with E-state index in [2.05, 4.69) is 153 Å². The van der Waals surface area contributed by atoms with E-state index in [1.54, 1.807) is 0 Å². The van der Waals surface area contributed by atoms with Crippen LogP contribution in [0.2, 0.25) is 0 Å². The smallest absolute Gasteiger partial charge is 0.0547 e. The third-order valence-electron chi connectivity index (χ3n) is 12.7. The van der Waals surface area contributed by atoms with Crippen molar-refractivity contribution in [2.75, 3.05) is 0 Å². The molecule has 8 rings (SSSR count). The molecule has 8 aromatic rings. The predicted molar refractivity (Wildman–Crippen MR) is 270 cm³/mol. The highest BCUT2D eigenvalue weighted by Crippen LogP contribution is 2.27. The molecule has 0 spiro atoms. The molecule has 2 atom stereocenters. The van der Waals surface area contributed by atoms with Gasteiger partial charge >= 0.3 is 0 Å². The summed E-state index contributed by atoms with van der Waals surface area (Å²) in [6.45, 7) is 9.17. The van der Waals surface area contributed by atoms with Crippen molar-refractivity contribution in [3.05, 3.63) is 250 Å². The van der Waals surface area contributed by atoms with Crippen LogP contribution in [0.15, 0.2) is 183 Å². The molecule has 0 aliphatic rings. The molecule has 8 heteroatoms. The van der Waals surface area contributed by atoms with E-state index < -0.39 is 0 Å². The monoisotopic (exact) mass is 885 g/mol. The Morgan fingerprint density at radius 1 is 0.328 bits per heavy atom. The molecule has 8 nitrogen and oxygen atoms in total. The third kappa shape index (κ3) is 15.1. The average molecular weight is 885 g/mol. The van der Waals surface area contributed by atoms with Crippen LogP contribution in [0.25, 0.3) is 0 Å². The Kier molecular flexibility index (Phi) is 17.2. The van der Waals surface area contributed by atoms with Crippen molar-refractivity contribution < 1.29 is 0 Å². The number of aromatic nitrogens is 6. The van der Waals surface area contributed by atoms with Gasteiger partial charge in [-0.2, -0.15) is 0 Å². The fourth-order valence-electron chi connectivity index (χ4n) is 8.82. The molecular formula is C59H64N8. The van der Waals surface area contributed by atoms with Gasteiger partial charge in [-0.3, -0.25) is 39.7 Å². The molecule has 0 radical (unpaired) electrons. The topological polar surface area (TPSA) is 83.8 Å². The zero-order valence-electron chi connectivity index (χ0n) is 39.2. The van der Waals surface area contributed by atoms with Crippen LogP contribution < -0.4 is 0 Å². The highest BCUT2D eigenvalue weighted by atomic mass is 15.2. The molecule has 0 fully saturated rings. The molecule has 67 heavy (non-hydrogen) atoms. The van der Waals surface area contributed by atoms with E-state index in [0.717, 1.165) is 111 Å². The van der Waals surface area contributed by atoms with Crippen molar-refractivity contribution in [1.29, 1.82) is 0 Å². The molecule has 2 unspecified atom stereocenters. The van der Waals surface area contributed by atoms with Crippen LogP contribution in [-0.2, 0) is 65.0 Å². The number of aryl methyl sites for hydroxylation is 4. The first kappa shape index (κ1) is 46.8. The second kappa shape index (κ2) is 24.7.